The van der Waals surface area contributed by atoms with E-state index in [-0.39, 0.29) is 16.9 Å². The number of benzene rings is 2. The Balaban J connectivity index is 1.44. The van der Waals surface area contributed by atoms with E-state index in [0.717, 1.165) is 54.7 Å². The first-order valence-corrected chi connectivity index (χ1v) is 11.4. The minimum absolute atomic E-state index is 0.0547. The van der Waals surface area contributed by atoms with Crippen molar-refractivity contribution in [1.82, 2.24) is 0 Å². The molecule has 162 valence electrons. The second kappa shape index (κ2) is 9.77. The van der Waals surface area contributed by atoms with Crippen molar-refractivity contribution in [3.8, 4) is 11.8 Å². The van der Waals surface area contributed by atoms with Crippen LogP contribution in [0.4, 0.5) is 13.2 Å². The van der Waals surface area contributed by atoms with Gasteiger partial charge in [-0.3, -0.25) is 0 Å². The molecule has 0 amide bonds. The molecule has 1 unspecified atom stereocenters. The molecule has 0 aromatic heterocycles. The van der Waals surface area contributed by atoms with Gasteiger partial charge in [0.1, 0.15) is 5.82 Å². The summed E-state index contributed by atoms with van der Waals surface area (Å²) in [5.74, 6) is 5.27. The third-order valence-corrected chi connectivity index (χ3v) is 7.21. The van der Waals surface area contributed by atoms with Crippen molar-refractivity contribution < 1.29 is 13.2 Å². The largest absolute Gasteiger partial charge is 0.205 e. The van der Waals surface area contributed by atoms with Gasteiger partial charge in [0.25, 0.3) is 0 Å². The Morgan fingerprint density at radius 3 is 2.35 bits per heavy atom. The van der Waals surface area contributed by atoms with Crippen LogP contribution in [0.15, 0.2) is 43.0 Å². The van der Waals surface area contributed by atoms with Gasteiger partial charge in [-0.05, 0) is 92.0 Å². The van der Waals surface area contributed by atoms with Crippen LogP contribution in [0.2, 0.25) is 0 Å². The first kappa shape index (κ1) is 21.8. The Bertz CT molecular complexity index is 1000. The Morgan fingerprint density at radius 1 is 0.871 bits per heavy atom. The molecule has 1 saturated carbocycles. The maximum absolute atomic E-state index is 15.1. The average Bonchev–Trinajstić information content (AvgIpc) is 2.80. The molecule has 0 spiro atoms. The van der Waals surface area contributed by atoms with Crippen LogP contribution in [0.25, 0.3) is 0 Å². The zero-order valence-corrected chi connectivity index (χ0v) is 17.9. The summed E-state index contributed by atoms with van der Waals surface area (Å²) in [4.78, 5) is 0. The van der Waals surface area contributed by atoms with Gasteiger partial charge in [-0.25, -0.2) is 13.2 Å². The van der Waals surface area contributed by atoms with Crippen LogP contribution in [0, 0.1) is 47.0 Å². The van der Waals surface area contributed by atoms with E-state index in [9.17, 15) is 8.78 Å². The zero-order valence-electron chi connectivity index (χ0n) is 17.9. The summed E-state index contributed by atoms with van der Waals surface area (Å²) in [5.41, 5.74) is 2.04. The Kier molecular flexibility index (Phi) is 6.86. The number of rotatable bonds is 4. The zero-order chi connectivity index (χ0) is 21.8. The lowest BCUT2D eigenvalue weighted by atomic mass is 9.69. The topological polar surface area (TPSA) is 0 Å². The standard InChI is InChI=1S/C28H29F3/c1-2-3-5-19-8-10-20(11-9-19)23-16-17-25-24(18-23)15-14-22(27(25)30)13-12-21-6-4-7-26(29)28(21)31/h2,4,6-7,14-15,19-20,23H,1,3,5,8-11,16-18H2. The Labute approximate surface area is 183 Å². The van der Waals surface area contributed by atoms with Crippen molar-refractivity contribution >= 4 is 0 Å². The molecule has 0 nitrogen and oxygen atoms in total. The third kappa shape index (κ3) is 4.90. The summed E-state index contributed by atoms with van der Waals surface area (Å²) in [6.45, 7) is 3.83. The van der Waals surface area contributed by atoms with Crippen molar-refractivity contribution in [1.29, 1.82) is 0 Å². The maximum atomic E-state index is 15.1. The highest BCUT2D eigenvalue weighted by molar-refractivity contribution is 5.48. The highest BCUT2D eigenvalue weighted by Crippen LogP contribution is 2.41. The first-order valence-electron chi connectivity index (χ1n) is 11.4. The molecule has 2 aliphatic carbocycles. The predicted octanol–water partition coefficient (Wildman–Crippen LogP) is 7.38. The van der Waals surface area contributed by atoms with Crippen molar-refractivity contribution in [2.24, 2.45) is 17.8 Å². The molecule has 0 radical (unpaired) electrons. The van der Waals surface area contributed by atoms with Crippen molar-refractivity contribution in [3.05, 3.63) is 82.7 Å². The van der Waals surface area contributed by atoms with E-state index >= 15 is 4.39 Å². The molecule has 3 heteroatoms. The van der Waals surface area contributed by atoms with Gasteiger partial charge >= 0.3 is 0 Å². The van der Waals surface area contributed by atoms with E-state index in [2.05, 4.69) is 18.4 Å². The molecule has 0 N–H and O–H groups in total. The molecule has 0 bridgehead atoms. The molecular weight excluding hydrogens is 393 g/mol. The fraction of sp³-hybridized carbons (Fsp3) is 0.429. The maximum Gasteiger partial charge on any atom is 0.174 e. The molecule has 2 aromatic rings. The van der Waals surface area contributed by atoms with Gasteiger partial charge in [-0.2, -0.15) is 0 Å². The van der Waals surface area contributed by atoms with Crippen molar-refractivity contribution in [3.63, 3.8) is 0 Å². The summed E-state index contributed by atoms with van der Waals surface area (Å²) in [6.07, 6.45) is 12.3. The van der Waals surface area contributed by atoms with Gasteiger partial charge in [-0.15, -0.1) is 6.58 Å². The van der Waals surface area contributed by atoms with E-state index in [1.807, 2.05) is 12.1 Å². The summed E-state index contributed by atoms with van der Waals surface area (Å²) >= 11 is 0. The summed E-state index contributed by atoms with van der Waals surface area (Å²) in [7, 11) is 0. The summed E-state index contributed by atoms with van der Waals surface area (Å²) < 4.78 is 42.3. The van der Waals surface area contributed by atoms with Crippen LogP contribution in [0.3, 0.4) is 0 Å². The molecule has 1 atom stereocenters. The van der Waals surface area contributed by atoms with Gasteiger partial charge in [0, 0.05) is 0 Å². The van der Waals surface area contributed by atoms with Crippen molar-refractivity contribution in [2.75, 3.05) is 0 Å². The van der Waals surface area contributed by atoms with Crippen LogP contribution < -0.4 is 0 Å². The van der Waals surface area contributed by atoms with Crippen LogP contribution >= 0.6 is 0 Å². The number of hydrogen-bond donors (Lipinski definition) is 0. The van der Waals surface area contributed by atoms with Crippen LogP contribution in [0.5, 0.6) is 0 Å². The molecule has 2 aromatic carbocycles. The van der Waals surface area contributed by atoms with E-state index in [0.29, 0.717) is 5.92 Å². The molecule has 4 rings (SSSR count). The Morgan fingerprint density at radius 2 is 1.61 bits per heavy atom. The minimum atomic E-state index is -0.990. The molecule has 0 aliphatic heterocycles. The lowest BCUT2D eigenvalue weighted by Gasteiger charge is -2.36. The third-order valence-electron chi connectivity index (χ3n) is 7.21. The fourth-order valence-electron chi connectivity index (χ4n) is 5.37. The molecular formula is C28H29F3. The monoisotopic (exact) mass is 422 g/mol. The highest BCUT2D eigenvalue weighted by atomic mass is 19.2. The second-order valence-electron chi connectivity index (χ2n) is 9.07. The molecule has 2 aliphatic rings. The SMILES string of the molecule is C=CCCC1CCC(C2CCc3c(ccc(C#Cc4cccc(F)c4F)c3F)C2)CC1. The lowest BCUT2D eigenvalue weighted by molar-refractivity contribution is 0.184. The summed E-state index contributed by atoms with van der Waals surface area (Å²) in [5, 5.41) is 0. The highest BCUT2D eigenvalue weighted by Gasteiger charge is 2.31. The van der Waals surface area contributed by atoms with Gasteiger partial charge in [-0.1, -0.05) is 42.9 Å². The van der Waals surface area contributed by atoms with Gasteiger partial charge in [0.2, 0.25) is 0 Å². The smallest absolute Gasteiger partial charge is 0.174 e. The molecule has 0 saturated heterocycles. The molecule has 0 heterocycles. The van der Waals surface area contributed by atoms with E-state index < -0.39 is 11.6 Å². The normalized spacial score (nSPS) is 22.9. The van der Waals surface area contributed by atoms with E-state index in [4.69, 9.17) is 0 Å². The number of hydrogen-bond acceptors (Lipinski definition) is 0. The van der Waals surface area contributed by atoms with Gasteiger partial charge < -0.3 is 0 Å². The van der Waals surface area contributed by atoms with E-state index in [1.54, 1.807) is 6.07 Å². The fourth-order valence-corrected chi connectivity index (χ4v) is 5.37. The lowest BCUT2D eigenvalue weighted by Crippen LogP contribution is -2.27. The van der Waals surface area contributed by atoms with Crippen LogP contribution in [-0.4, -0.2) is 0 Å². The van der Waals surface area contributed by atoms with Gasteiger partial charge in [0.05, 0.1) is 11.1 Å². The average molecular weight is 423 g/mol. The first-order chi connectivity index (χ1) is 15.1. The second-order valence-corrected chi connectivity index (χ2v) is 9.07. The summed E-state index contributed by atoms with van der Waals surface area (Å²) in [6, 6.07) is 7.51. The van der Waals surface area contributed by atoms with Crippen LogP contribution in [-0.2, 0) is 12.8 Å². The number of fused-ring (bicyclic) bond motifs is 1. The predicted molar refractivity (Wildman–Crippen MR) is 119 cm³/mol. The molecule has 1 fully saturated rings. The van der Waals surface area contributed by atoms with Crippen LogP contribution in [0.1, 0.15) is 67.2 Å². The molecule has 31 heavy (non-hydrogen) atoms. The Hall–Kier alpha value is -2.47. The number of allylic oxidation sites excluding steroid dienone is 1. The van der Waals surface area contributed by atoms with Crippen molar-refractivity contribution in [2.45, 2.75) is 57.8 Å². The van der Waals surface area contributed by atoms with E-state index in [1.165, 1.54) is 44.2 Å². The minimum Gasteiger partial charge on any atom is -0.205 e. The van der Waals surface area contributed by atoms with Gasteiger partial charge in [0.15, 0.2) is 11.6 Å². The number of halogens is 3. The quantitative estimate of drug-likeness (QED) is 0.356.